The largest absolute Gasteiger partial charge is 0.480 e. The molecule has 1 fully saturated rings. The number of aromatic nitrogens is 2. The molecule has 0 unspecified atom stereocenters. The fourth-order valence-electron chi connectivity index (χ4n) is 1.90. The van der Waals surface area contributed by atoms with E-state index in [0.717, 1.165) is 6.20 Å². The normalized spacial score (nSPS) is 21.1. The molecule has 1 aromatic rings. The van der Waals surface area contributed by atoms with Gasteiger partial charge in [0.15, 0.2) is 0 Å². The molecule has 1 aliphatic rings. The Morgan fingerprint density at radius 1 is 1.57 bits per heavy atom. The summed E-state index contributed by atoms with van der Waals surface area (Å²) < 4.78 is 43.2. The number of aromatic amines is 1. The highest BCUT2D eigenvalue weighted by Crippen LogP contribution is 2.37. The third-order valence-corrected chi connectivity index (χ3v) is 2.96. The molecular formula is C11H12F3N3O4. The number of nitrogens with zero attached hydrogens (tertiary/aromatic N) is 1. The lowest BCUT2D eigenvalue weighted by Crippen LogP contribution is -2.25. The van der Waals surface area contributed by atoms with E-state index in [0.29, 0.717) is 6.42 Å². The Morgan fingerprint density at radius 2 is 2.29 bits per heavy atom. The molecule has 1 saturated carbocycles. The van der Waals surface area contributed by atoms with Gasteiger partial charge in [-0.2, -0.15) is 18.3 Å². The number of carboxylic acid groups (broad SMARTS) is 1. The maximum atomic E-state index is 12.8. The lowest BCUT2D eigenvalue weighted by Gasteiger charge is -2.12. The lowest BCUT2D eigenvalue weighted by molar-refractivity contribution is -0.142. The van der Waals surface area contributed by atoms with Gasteiger partial charge in [0, 0.05) is 12.0 Å². The molecule has 2 atom stereocenters. The smallest absolute Gasteiger partial charge is 0.423 e. The second-order valence-corrected chi connectivity index (χ2v) is 4.64. The van der Waals surface area contributed by atoms with Crippen LogP contribution < -0.4 is 10.9 Å². The van der Waals surface area contributed by atoms with Crippen LogP contribution in [0.1, 0.15) is 12.0 Å². The van der Waals surface area contributed by atoms with Crippen LogP contribution in [0.3, 0.4) is 0 Å². The molecule has 0 amide bonds. The molecule has 0 radical (unpaired) electrons. The van der Waals surface area contributed by atoms with Gasteiger partial charge in [0.2, 0.25) is 0 Å². The Hall–Kier alpha value is -2.10. The highest BCUT2D eigenvalue weighted by atomic mass is 19.4. The van der Waals surface area contributed by atoms with Crippen LogP contribution in [-0.4, -0.2) is 40.5 Å². The SMILES string of the molecule is O=C(O)COC[C@@H]1C[C@H]1Nc1cn[nH]c(=O)c1C(F)(F)F. The zero-order valence-electron chi connectivity index (χ0n) is 10.6. The molecule has 0 saturated heterocycles. The van der Waals surface area contributed by atoms with E-state index < -0.39 is 35.6 Å². The molecule has 1 aliphatic carbocycles. The molecule has 1 aromatic heterocycles. The third kappa shape index (κ3) is 3.94. The van der Waals surface area contributed by atoms with E-state index >= 15 is 0 Å². The lowest BCUT2D eigenvalue weighted by atomic mass is 10.2. The summed E-state index contributed by atoms with van der Waals surface area (Å²) in [5, 5.41) is 16.1. The predicted molar refractivity (Wildman–Crippen MR) is 63.8 cm³/mol. The minimum atomic E-state index is -4.79. The van der Waals surface area contributed by atoms with Crippen LogP contribution in [0.2, 0.25) is 0 Å². The highest BCUT2D eigenvalue weighted by Gasteiger charge is 2.42. The number of hydrogen-bond donors (Lipinski definition) is 3. The minimum absolute atomic E-state index is 0.0929. The van der Waals surface area contributed by atoms with E-state index in [1.54, 1.807) is 5.10 Å². The topological polar surface area (TPSA) is 104 Å². The molecule has 0 aliphatic heterocycles. The van der Waals surface area contributed by atoms with Gasteiger partial charge in [-0.15, -0.1) is 0 Å². The quantitative estimate of drug-likeness (QED) is 0.714. The van der Waals surface area contributed by atoms with E-state index in [1.807, 2.05) is 0 Å². The number of anilines is 1. The Kier molecular flexibility index (Phi) is 4.16. The predicted octanol–water partition coefficient (Wildman–Crippen LogP) is 0.690. The standard InChI is InChI=1S/C11H12F3N3O4/c12-11(13,14)9-7(2-15-17-10(9)20)16-6-1-5(6)3-21-4-8(18)19/h2,5-6H,1,3-4H2,(H,18,19)(H2,16,17,20)/t5-,6+/m0/s1. The van der Waals surface area contributed by atoms with Gasteiger partial charge in [-0.05, 0) is 6.42 Å². The van der Waals surface area contributed by atoms with Gasteiger partial charge in [0.05, 0.1) is 18.5 Å². The van der Waals surface area contributed by atoms with Crippen molar-refractivity contribution in [3.63, 3.8) is 0 Å². The van der Waals surface area contributed by atoms with Gasteiger partial charge < -0.3 is 15.2 Å². The molecule has 21 heavy (non-hydrogen) atoms. The number of H-pyrrole nitrogens is 1. The Labute approximate surface area is 116 Å². The van der Waals surface area contributed by atoms with Crippen molar-refractivity contribution in [1.29, 1.82) is 0 Å². The second-order valence-electron chi connectivity index (χ2n) is 4.64. The van der Waals surface area contributed by atoms with Crippen molar-refractivity contribution in [3.8, 4) is 0 Å². The Balaban J connectivity index is 1.98. The average Bonchev–Trinajstić information content (AvgIpc) is 3.05. The summed E-state index contributed by atoms with van der Waals surface area (Å²) in [4.78, 5) is 21.5. The zero-order chi connectivity index (χ0) is 15.6. The van der Waals surface area contributed by atoms with E-state index in [4.69, 9.17) is 9.84 Å². The monoisotopic (exact) mass is 307 g/mol. The molecule has 1 heterocycles. The van der Waals surface area contributed by atoms with E-state index in [-0.39, 0.29) is 18.6 Å². The Morgan fingerprint density at radius 3 is 2.90 bits per heavy atom. The summed E-state index contributed by atoms with van der Waals surface area (Å²) in [5.74, 6) is -1.21. The van der Waals surface area contributed by atoms with Crippen LogP contribution in [0, 0.1) is 5.92 Å². The number of aliphatic carboxylic acids is 1. The van der Waals surface area contributed by atoms with Crippen molar-refractivity contribution in [2.24, 2.45) is 5.92 Å². The van der Waals surface area contributed by atoms with Crippen molar-refractivity contribution in [2.75, 3.05) is 18.5 Å². The average molecular weight is 307 g/mol. The van der Waals surface area contributed by atoms with Gasteiger partial charge in [0.1, 0.15) is 12.2 Å². The third-order valence-electron chi connectivity index (χ3n) is 2.96. The first kappa shape index (κ1) is 15.3. The molecule has 10 heteroatoms. The van der Waals surface area contributed by atoms with E-state index in [2.05, 4.69) is 10.4 Å². The second kappa shape index (κ2) is 5.72. The number of rotatable bonds is 6. The number of ether oxygens (including phenoxy) is 1. The number of hydrogen-bond acceptors (Lipinski definition) is 5. The van der Waals surface area contributed by atoms with Crippen LogP contribution in [0.25, 0.3) is 0 Å². The zero-order valence-corrected chi connectivity index (χ0v) is 10.6. The van der Waals surface area contributed by atoms with Gasteiger partial charge >= 0.3 is 12.1 Å². The maximum Gasteiger partial charge on any atom is 0.423 e. The number of alkyl halides is 3. The van der Waals surface area contributed by atoms with Crippen molar-refractivity contribution in [1.82, 2.24) is 10.2 Å². The van der Waals surface area contributed by atoms with E-state index in [9.17, 15) is 22.8 Å². The molecule has 2 rings (SSSR count). The number of carbonyl (C=O) groups is 1. The number of halogens is 3. The fraction of sp³-hybridized carbons (Fsp3) is 0.545. The van der Waals surface area contributed by atoms with Gasteiger partial charge in [0.25, 0.3) is 5.56 Å². The van der Waals surface area contributed by atoms with Crippen molar-refractivity contribution in [2.45, 2.75) is 18.6 Å². The van der Waals surface area contributed by atoms with Crippen LogP contribution in [0.5, 0.6) is 0 Å². The number of carboxylic acids is 1. The molecular weight excluding hydrogens is 295 g/mol. The summed E-state index contributed by atoms with van der Waals surface area (Å²) in [6, 6.07) is -0.302. The maximum absolute atomic E-state index is 12.8. The van der Waals surface area contributed by atoms with Crippen molar-refractivity contribution >= 4 is 11.7 Å². The van der Waals surface area contributed by atoms with Crippen molar-refractivity contribution in [3.05, 3.63) is 22.1 Å². The summed E-state index contributed by atoms with van der Waals surface area (Å²) >= 11 is 0. The van der Waals surface area contributed by atoms with Crippen LogP contribution in [0.4, 0.5) is 18.9 Å². The number of nitrogens with one attached hydrogen (secondary N) is 2. The van der Waals surface area contributed by atoms with Gasteiger partial charge in [-0.1, -0.05) is 0 Å². The molecule has 116 valence electrons. The van der Waals surface area contributed by atoms with Crippen LogP contribution >= 0.6 is 0 Å². The molecule has 3 N–H and O–H groups in total. The minimum Gasteiger partial charge on any atom is -0.480 e. The molecule has 0 aromatic carbocycles. The van der Waals surface area contributed by atoms with Crippen LogP contribution in [-0.2, 0) is 15.7 Å². The highest BCUT2D eigenvalue weighted by molar-refractivity contribution is 5.68. The summed E-state index contributed by atoms with van der Waals surface area (Å²) in [5.41, 5.74) is -3.03. The van der Waals surface area contributed by atoms with Crippen molar-refractivity contribution < 1.29 is 27.8 Å². The fourth-order valence-corrected chi connectivity index (χ4v) is 1.90. The Bertz CT molecular complexity index is 587. The first-order chi connectivity index (χ1) is 9.79. The molecule has 7 nitrogen and oxygen atoms in total. The molecule has 0 bridgehead atoms. The van der Waals surface area contributed by atoms with Crippen LogP contribution in [0.15, 0.2) is 11.0 Å². The summed E-state index contributed by atoms with van der Waals surface area (Å²) in [6.45, 7) is -0.328. The summed E-state index contributed by atoms with van der Waals surface area (Å²) in [7, 11) is 0. The first-order valence-corrected chi connectivity index (χ1v) is 6.00. The summed E-state index contributed by atoms with van der Waals surface area (Å²) in [6.07, 6.45) is -3.36. The van der Waals surface area contributed by atoms with E-state index in [1.165, 1.54) is 0 Å². The first-order valence-electron chi connectivity index (χ1n) is 6.00. The van der Waals surface area contributed by atoms with Gasteiger partial charge in [-0.25, -0.2) is 9.89 Å². The van der Waals surface area contributed by atoms with Gasteiger partial charge in [-0.3, -0.25) is 4.79 Å². The molecule has 0 spiro atoms.